The molecule has 156 valence electrons. The van der Waals surface area contributed by atoms with Crippen molar-refractivity contribution in [2.24, 2.45) is 10.7 Å². The van der Waals surface area contributed by atoms with Gasteiger partial charge in [0.25, 0.3) is 0 Å². The molecule has 2 rings (SSSR count). The lowest BCUT2D eigenvalue weighted by Crippen LogP contribution is -2.30. The van der Waals surface area contributed by atoms with E-state index in [0.29, 0.717) is 22.5 Å². The number of hydrogen-bond donors (Lipinski definition) is 2. The van der Waals surface area contributed by atoms with Crippen molar-refractivity contribution >= 4 is 33.3 Å². The number of allylic oxidation sites excluding steroid dienone is 2. The molecule has 29 heavy (non-hydrogen) atoms. The number of aromatic nitrogens is 2. The fraction of sp³-hybridized carbons (Fsp3) is 0.278. The lowest BCUT2D eigenvalue weighted by atomic mass is 10.1. The highest BCUT2D eigenvalue weighted by Gasteiger charge is 2.46. The Labute approximate surface area is 166 Å². The summed E-state index contributed by atoms with van der Waals surface area (Å²) in [4.78, 5) is 12.3. The first-order valence-electron chi connectivity index (χ1n) is 8.54. The Morgan fingerprint density at radius 2 is 2.00 bits per heavy atom. The van der Waals surface area contributed by atoms with Crippen LogP contribution in [0, 0.1) is 0 Å². The van der Waals surface area contributed by atoms with E-state index in [1.54, 1.807) is 19.2 Å². The highest BCUT2D eigenvalue weighted by atomic mass is 32.2. The molecule has 0 amide bonds. The van der Waals surface area contributed by atoms with Crippen molar-refractivity contribution in [1.82, 2.24) is 9.97 Å². The van der Waals surface area contributed by atoms with Crippen molar-refractivity contribution in [1.29, 1.82) is 0 Å². The van der Waals surface area contributed by atoms with Gasteiger partial charge in [0.05, 0.1) is 5.69 Å². The average molecular weight is 427 g/mol. The molecule has 2 heterocycles. The van der Waals surface area contributed by atoms with E-state index in [0.717, 1.165) is 24.6 Å². The number of aryl methyl sites for hydroxylation is 1. The van der Waals surface area contributed by atoms with E-state index in [1.807, 2.05) is 13.0 Å². The fourth-order valence-corrected chi connectivity index (χ4v) is 2.80. The summed E-state index contributed by atoms with van der Waals surface area (Å²) in [5.74, 6) is -0.463. The summed E-state index contributed by atoms with van der Waals surface area (Å²) >= 11 is 0. The molecule has 0 fully saturated rings. The zero-order chi connectivity index (χ0) is 21.7. The van der Waals surface area contributed by atoms with Gasteiger partial charge in [-0.05, 0) is 37.6 Å². The topological polar surface area (TPSA) is 110 Å². The monoisotopic (exact) mass is 427 g/mol. The number of pyridine rings is 2. The molecule has 2 aromatic heterocycles. The van der Waals surface area contributed by atoms with E-state index in [9.17, 15) is 21.6 Å². The minimum atomic E-state index is -5.54. The van der Waals surface area contributed by atoms with Crippen LogP contribution in [0.5, 0.6) is 0 Å². The number of halogens is 3. The molecule has 0 spiro atoms. The molecule has 2 aromatic rings. The maximum absolute atomic E-state index is 12.4. The van der Waals surface area contributed by atoms with E-state index in [2.05, 4.69) is 15.0 Å². The lowest BCUT2D eigenvalue weighted by Gasteiger charge is -2.10. The van der Waals surface area contributed by atoms with Crippen molar-refractivity contribution in [3.05, 3.63) is 53.6 Å². The Morgan fingerprint density at radius 3 is 2.55 bits per heavy atom. The summed E-state index contributed by atoms with van der Waals surface area (Å²) in [6, 6.07) is 6.08. The van der Waals surface area contributed by atoms with Gasteiger partial charge in [0.15, 0.2) is 0 Å². The first kappa shape index (κ1) is 22.3. The molecule has 0 aromatic carbocycles. The van der Waals surface area contributed by atoms with E-state index in [4.69, 9.17) is 5.73 Å². The van der Waals surface area contributed by atoms with Crippen LogP contribution in [-0.4, -0.2) is 30.1 Å². The Hall–Kier alpha value is -2.95. The zero-order valence-corrected chi connectivity index (χ0v) is 16.5. The van der Waals surface area contributed by atoms with Crippen molar-refractivity contribution in [3.63, 3.8) is 0 Å². The largest absolute Gasteiger partial charge is 0.516 e. The molecule has 11 heteroatoms. The molecular formula is C18H20F3N5O2S. The van der Waals surface area contributed by atoms with Crippen LogP contribution < -0.4 is 10.5 Å². The number of hydrogen-bond acceptors (Lipinski definition) is 6. The normalized spacial score (nSPS) is 13.4. The van der Waals surface area contributed by atoms with Crippen molar-refractivity contribution in [2.45, 2.75) is 32.2 Å². The first-order chi connectivity index (χ1) is 13.5. The molecule has 0 saturated heterocycles. The molecule has 0 aliphatic rings. The number of sulfonamides is 1. The minimum Gasteiger partial charge on any atom is -0.402 e. The van der Waals surface area contributed by atoms with E-state index in [1.165, 1.54) is 23.2 Å². The molecule has 0 unspecified atom stereocenters. The number of rotatable bonds is 7. The number of anilines is 1. The highest BCUT2D eigenvalue weighted by molar-refractivity contribution is 7.93. The average Bonchev–Trinajstić information content (AvgIpc) is 2.62. The molecule has 7 nitrogen and oxygen atoms in total. The molecule has 0 saturated carbocycles. The van der Waals surface area contributed by atoms with Gasteiger partial charge in [-0.3, -0.25) is 14.7 Å². The second-order valence-corrected chi connectivity index (χ2v) is 7.77. The maximum atomic E-state index is 12.4. The van der Waals surface area contributed by atoms with Gasteiger partial charge in [-0.15, -0.1) is 0 Å². The molecule has 0 aliphatic carbocycles. The minimum absolute atomic E-state index is 0.405. The van der Waals surface area contributed by atoms with Crippen molar-refractivity contribution in [3.8, 4) is 0 Å². The van der Waals surface area contributed by atoms with Gasteiger partial charge in [0, 0.05) is 41.1 Å². The predicted molar refractivity (Wildman–Crippen MR) is 106 cm³/mol. The standard InChI is InChI=1S/C18H20F3N5O2S/c1-3-4-14-9-15(7-8-23-14)24-11-16(12(2)22)13-5-6-17(25-10-13)26-29(27,28)18(19,20)21/h5-11H,3-4,22H2,1-2H3,(H,25,26)/b16-12+,24-11?. The Morgan fingerprint density at radius 1 is 1.28 bits per heavy atom. The van der Waals surface area contributed by atoms with Crippen molar-refractivity contribution in [2.75, 3.05) is 4.72 Å². The Bertz CT molecular complexity index is 1010. The predicted octanol–water partition coefficient (Wildman–Crippen LogP) is 3.78. The van der Waals surface area contributed by atoms with Crippen LogP contribution in [0.2, 0.25) is 0 Å². The quantitative estimate of drug-likeness (QED) is 0.654. The molecule has 0 atom stereocenters. The molecule has 0 radical (unpaired) electrons. The van der Waals surface area contributed by atoms with Gasteiger partial charge < -0.3 is 5.73 Å². The van der Waals surface area contributed by atoms with E-state index < -0.39 is 21.3 Å². The summed E-state index contributed by atoms with van der Waals surface area (Å²) in [5.41, 5.74) is 3.40. The van der Waals surface area contributed by atoms with Crippen molar-refractivity contribution < 1.29 is 21.6 Å². The second-order valence-electron chi connectivity index (χ2n) is 6.09. The number of nitrogens with one attached hydrogen (secondary N) is 1. The maximum Gasteiger partial charge on any atom is 0.516 e. The smallest absolute Gasteiger partial charge is 0.402 e. The van der Waals surface area contributed by atoms with Gasteiger partial charge >= 0.3 is 15.5 Å². The first-order valence-corrected chi connectivity index (χ1v) is 10.0. The second kappa shape index (κ2) is 9.03. The summed E-state index contributed by atoms with van der Waals surface area (Å²) in [6.45, 7) is 3.68. The highest BCUT2D eigenvalue weighted by Crippen LogP contribution is 2.25. The van der Waals surface area contributed by atoms with Gasteiger partial charge in [-0.1, -0.05) is 13.3 Å². The molecular weight excluding hydrogens is 407 g/mol. The van der Waals surface area contributed by atoms with E-state index in [-0.39, 0.29) is 0 Å². The molecule has 0 bridgehead atoms. The molecule has 0 aliphatic heterocycles. The van der Waals surface area contributed by atoms with Crippen LogP contribution in [0.15, 0.2) is 47.3 Å². The number of nitrogens with zero attached hydrogens (tertiary/aromatic N) is 3. The number of aliphatic imine (C=N–C) groups is 1. The summed E-state index contributed by atoms with van der Waals surface area (Å²) in [5, 5.41) is 0. The van der Waals surface area contributed by atoms with Gasteiger partial charge in [-0.2, -0.15) is 21.6 Å². The number of alkyl halides is 3. The van der Waals surface area contributed by atoms with Gasteiger partial charge in [0.2, 0.25) is 0 Å². The third-order valence-corrected chi connectivity index (χ3v) is 4.78. The third-order valence-electron chi connectivity index (χ3n) is 3.69. The van der Waals surface area contributed by atoms with Crippen LogP contribution in [0.1, 0.15) is 31.5 Å². The Balaban J connectivity index is 2.24. The molecule has 3 N–H and O–H groups in total. The third kappa shape index (κ3) is 6.01. The van der Waals surface area contributed by atoms with Crippen LogP contribution in [0.25, 0.3) is 5.57 Å². The SMILES string of the molecule is CCCc1cc(N=C/C(=C(/C)N)c2ccc(NS(=O)(=O)C(F)(F)F)nc2)ccn1. The van der Waals surface area contributed by atoms with Gasteiger partial charge in [-0.25, -0.2) is 4.98 Å². The van der Waals surface area contributed by atoms with Crippen LogP contribution >= 0.6 is 0 Å². The van der Waals surface area contributed by atoms with E-state index >= 15 is 0 Å². The number of nitrogens with two attached hydrogens (primary N) is 1. The summed E-state index contributed by atoms with van der Waals surface area (Å²) in [6.07, 6.45) is 6.14. The Kier molecular flexibility index (Phi) is 6.96. The zero-order valence-electron chi connectivity index (χ0n) is 15.7. The van der Waals surface area contributed by atoms with Crippen LogP contribution in [0.4, 0.5) is 24.7 Å². The summed E-state index contributed by atoms with van der Waals surface area (Å²) in [7, 11) is -5.54. The lowest BCUT2D eigenvalue weighted by molar-refractivity contribution is -0.0429. The summed E-state index contributed by atoms with van der Waals surface area (Å²) < 4.78 is 61.0. The van der Waals surface area contributed by atoms with Gasteiger partial charge in [0.1, 0.15) is 5.82 Å². The van der Waals surface area contributed by atoms with Crippen LogP contribution in [-0.2, 0) is 16.4 Å². The fourth-order valence-electron chi connectivity index (χ4n) is 2.29. The van der Waals surface area contributed by atoms with Crippen LogP contribution in [0.3, 0.4) is 0 Å².